The minimum Gasteiger partial charge on any atom is -0.353 e. The normalized spacial score (nSPS) is 19.6. The maximum Gasteiger partial charge on any atom is 0.247 e. The van der Waals surface area contributed by atoms with Gasteiger partial charge in [-0.1, -0.05) is 42.5 Å². The second-order valence-electron chi connectivity index (χ2n) is 8.52. The number of para-hydroxylation sites is 1. The largest absolute Gasteiger partial charge is 0.353 e. The van der Waals surface area contributed by atoms with Crippen molar-refractivity contribution in [2.75, 3.05) is 18.4 Å². The number of hydrogen-bond donors (Lipinski definition) is 2. The summed E-state index contributed by atoms with van der Waals surface area (Å²) in [5, 5.41) is 5.20. The molecule has 1 saturated heterocycles. The maximum absolute atomic E-state index is 13.0. The van der Waals surface area contributed by atoms with Crippen molar-refractivity contribution >= 4 is 35.2 Å². The summed E-state index contributed by atoms with van der Waals surface area (Å²) in [4.78, 5) is 40.8. The molecule has 0 aliphatic carbocycles. The Morgan fingerprint density at radius 3 is 2.53 bits per heavy atom. The number of piperidine rings is 1. The summed E-state index contributed by atoms with van der Waals surface area (Å²) in [6.45, 7) is 3.04. The van der Waals surface area contributed by atoms with E-state index in [-0.39, 0.29) is 29.7 Å². The van der Waals surface area contributed by atoms with Gasteiger partial charge in [0.15, 0.2) is 5.25 Å². The molecule has 0 aromatic heterocycles. The van der Waals surface area contributed by atoms with E-state index in [0.717, 1.165) is 23.4 Å². The minimum atomic E-state index is -0.770. The summed E-state index contributed by atoms with van der Waals surface area (Å²) in [7, 11) is 0. The molecule has 2 aromatic rings. The second-order valence-corrected chi connectivity index (χ2v) is 9.66. The Hall–Kier alpha value is -2.80. The molecule has 0 unspecified atom stereocenters. The Labute approximate surface area is 193 Å². The third kappa shape index (κ3) is 5.33. The molecule has 0 radical (unpaired) electrons. The first-order valence-electron chi connectivity index (χ1n) is 11.2. The van der Waals surface area contributed by atoms with Gasteiger partial charge in [0.2, 0.25) is 17.7 Å². The first-order chi connectivity index (χ1) is 15.5. The van der Waals surface area contributed by atoms with Gasteiger partial charge in [-0.2, -0.15) is 0 Å². The number of thioether (sulfide) groups is 1. The summed E-state index contributed by atoms with van der Waals surface area (Å²) in [6.07, 6.45) is 3.07. The molecule has 2 atom stereocenters. The zero-order valence-electron chi connectivity index (χ0n) is 18.3. The molecule has 32 heavy (non-hydrogen) atoms. The number of carbonyl (C=O) groups excluding carboxylic acids is 3. The lowest BCUT2D eigenvalue weighted by Crippen LogP contribution is -2.49. The van der Waals surface area contributed by atoms with Crippen molar-refractivity contribution in [2.45, 2.75) is 48.8 Å². The van der Waals surface area contributed by atoms with Crippen LogP contribution in [0.2, 0.25) is 0 Å². The average Bonchev–Trinajstić information content (AvgIpc) is 2.82. The molecule has 0 spiro atoms. The Bertz CT molecular complexity index is 973. The van der Waals surface area contributed by atoms with Crippen molar-refractivity contribution in [3.8, 4) is 0 Å². The number of aryl methyl sites for hydroxylation is 1. The molecule has 168 valence electrons. The van der Waals surface area contributed by atoms with Gasteiger partial charge in [-0.15, -0.1) is 11.8 Å². The van der Waals surface area contributed by atoms with Gasteiger partial charge in [-0.05, 0) is 50.3 Å². The molecule has 2 aliphatic rings. The molecule has 6 nitrogen and oxygen atoms in total. The molecule has 3 amide bonds. The molecule has 2 aromatic carbocycles. The fourth-order valence-electron chi connectivity index (χ4n) is 4.20. The third-order valence-electron chi connectivity index (χ3n) is 6.13. The topological polar surface area (TPSA) is 78.5 Å². The molecule has 1 fully saturated rings. The summed E-state index contributed by atoms with van der Waals surface area (Å²) in [5.41, 5.74) is 2.02. The van der Waals surface area contributed by atoms with Crippen molar-refractivity contribution in [3.63, 3.8) is 0 Å². The zero-order valence-corrected chi connectivity index (χ0v) is 19.1. The van der Waals surface area contributed by atoms with Crippen molar-refractivity contribution in [1.82, 2.24) is 10.2 Å². The predicted octanol–water partition coefficient (Wildman–Crippen LogP) is 3.48. The van der Waals surface area contributed by atoms with Crippen molar-refractivity contribution in [3.05, 3.63) is 60.2 Å². The lowest BCUT2D eigenvalue weighted by atomic mass is 9.95. The van der Waals surface area contributed by atoms with Crippen LogP contribution in [0.4, 0.5) is 5.69 Å². The van der Waals surface area contributed by atoms with Gasteiger partial charge in [0.1, 0.15) is 0 Å². The minimum absolute atomic E-state index is 0.0661. The van der Waals surface area contributed by atoms with Gasteiger partial charge in [0.05, 0.1) is 5.69 Å². The van der Waals surface area contributed by atoms with Gasteiger partial charge in [-0.3, -0.25) is 14.4 Å². The van der Waals surface area contributed by atoms with E-state index in [4.69, 9.17) is 0 Å². The Kier molecular flexibility index (Phi) is 7.15. The van der Waals surface area contributed by atoms with Gasteiger partial charge >= 0.3 is 0 Å². The number of amides is 3. The molecule has 7 heteroatoms. The molecule has 0 bridgehead atoms. The molecule has 4 rings (SSSR count). The first-order valence-corrected chi connectivity index (χ1v) is 12.1. The van der Waals surface area contributed by atoms with Gasteiger partial charge in [-0.25, -0.2) is 0 Å². The van der Waals surface area contributed by atoms with E-state index in [1.165, 1.54) is 17.3 Å². The second kappa shape index (κ2) is 10.2. The van der Waals surface area contributed by atoms with Crippen molar-refractivity contribution in [2.24, 2.45) is 5.92 Å². The Balaban J connectivity index is 1.24. The molecule has 2 N–H and O–H groups in total. The standard InChI is InChI=1S/C25H29N3O3S/c1-17(11-12-18-7-3-2-4-8-18)26-23(29)19-13-15-28(16-14-19)25(31)22-24(30)27-20-9-5-6-10-21(20)32-22/h2-10,17,19,22H,11-16H2,1H3,(H,26,29)(H,27,30)/t17-,22-/m0/s1. The molecular weight excluding hydrogens is 422 g/mol. The van der Waals surface area contributed by atoms with Crippen LogP contribution in [0.5, 0.6) is 0 Å². The highest BCUT2D eigenvalue weighted by Crippen LogP contribution is 2.36. The maximum atomic E-state index is 13.0. The van der Waals surface area contributed by atoms with Crippen molar-refractivity contribution < 1.29 is 14.4 Å². The van der Waals surface area contributed by atoms with E-state index < -0.39 is 5.25 Å². The van der Waals surface area contributed by atoms with E-state index in [1.54, 1.807) is 4.90 Å². The number of anilines is 1. The van der Waals surface area contributed by atoms with Crippen LogP contribution in [0.25, 0.3) is 0 Å². The van der Waals surface area contributed by atoms with Crippen LogP contribution in [0.1, 0.15) is 31.7 Å². The van der Waals surface area contributed by atoms with Crippen LogP contribution in [0, 0.1) is 5.92 Å². The quantitative estimate of drug-likeness (QED) is 0.659. The highest BCUT2D eigenvalue weighted by atomic mass is 32.2. The van der Waals surface area contributed by atoms with Crippen LogP contribution in [0.15, 0.2) is 59.5 Å². The Morgan fingerprint density at radius 1 is 1.09 bits per heavy atom. The summed E-state index contributed by atoms with van der Waals surface area (Å²) in [5.74, 6) is -0.467. The number of likely N-dealkylation sites (tertiary alicyclic amines) is 1. The molecule has 0 saturated carbocycles. The van der Waals surface area contributed by atoms with Gasteiger partial charge in [0.25, 0.3) is 0 Å². The fourth-order valence-corrected chi connectivity index (χ4v) is 5.28. The van der Waals surface area contributed by atoms with Crippen LogP contribution >= 0.6 is 11.8 Å². The van der Waals surface area contributed by atoms with Crippen LogP contribution in [-0.4, -0.2) is 47.0 Å². The fraction of sp³-hybridized carbons (Fsp3) is 0.400. The van der Waals surface area contributed by atoms with Gasteiger partial charge in [0, 0.05) is 29.9 Å². The van der Waals surface area contributed by atoms with Crippen LogP contribution < -0.4 is 10.6 Å². The summed E-state index contributed by atoms with van der Waals surface area (Å²) >= 11 is 1.30. The van der Waals surface area contributed by atoms with E-state index in [9.17, 15) is 14.4 Å². The lowest BCUT2D eigenvalue weighted by molar-refractivity contribution is -0.137. The lowest BCUT2D eigenvalue weighted by Gasteiger charge is -2.34. The van der Waals surface area contributed by atoms with E-state index in [0.29, 0.717) is 25.9 Å². The molecule has 2 heterocycles. The highest BCUT2D eigenvalue weighted by Gasteiger charge is 2.37. The molecular formula is C25H29N3O3S. The summed E-state index contributed by atoms with van der Waals surface area (Å²) in [6, 6.07) is 17.9. The van der Waals surface area contributed by atoms with E-state index in [2.05, 4.69) is 22.8 Å². The molecule has 2 aliphatic heterocycles. The highest BCUT2D eigenvalue weighted by molar-refractivity contribution is 8.01. The number of benzene rings is 2. The number of hydrogen-bond acceptors (Lipinski definition) is 4. The monoisotopic (exact) mass is 451 g/mol. The number of carbonyl (C=O) groups is 3. The van der Waals surface area contributed by atoms with E-state index >= 15 is 0 Å². The van der Waals surface area contributed by atoms with Crippen LogP contribution in [-0.2, 0) is 20.8 Å². The van der Waals surface area contributed by atoms with Crippen LogP contribution in [0.3, 0.4) is 0 Å². The number of rotatable bonds is 6. The number of nitrogens with zero attached hydrogens (tertiary/aromatic N) is 1. The smallest absolute Gasteiger partial charge is 0.247 e. The predicted molar refractivity (Wildman–Crippen MR) is 126 cm³/mol. The SMILES string of the molecule is C[C@@H](CCc1ccccc1)NC(=O)C1CCN(C(=O)[C@H]2Sc3ccccc3NC2=O)CC1. The average molecular weight is 452 g/mol. The third-order valence-corrected chi connectivity index (χ3v) is 7.39. The first kappa shape index (κ1) is 22.4. The van der Waals surface area contributed by atoms with Gasteiger partial charge < -0.3 is 15.5 Å². The summed E-state index contributed by atoms with van der Waals surface area (Å²) < 4.78 is 0. The Morgan fingerprint density at radius 2 is 1.78 bits per heavy atom. The van der Waals surface area contributed by atoms with E-state index in [1.807, 2.05) is 49.4 Å². The zero-order chi connectivity index (χ0) is 22.5. The number of nitrogens with one attached hydrogen (secondary N) is 2. The number of fused-ring (bicyclic) bond motifs is 1. The van der Waals surface area contributed by atoms with Crippen molar-refractivity contribution in [1.29, 1.82) is 0 Å².